The van der Waals surface area contributed by atoms with Crippen LogP contribution in [-0.2, 0) is 9.53 Å². The molecule has 0 atom stereocenters. The molecule has 3 amide bonds. The van der Waals surface area contributed by atoms with Crippen molar-refractivity contribution >= 4 is 17.6 Å². The van der Waals surface area contributed by atoms with Gasteiger partial charge in [0.2, 0.25) is 5.91 Å². The standard InChI is InChI=1S/C23H33N3O5/c1-29-20-13-17(14-21(15-20)30-2)24-23(28)25-9-5-18(6-10-25)26(22(27)16-3-4-16)19-7-11-31-12-8-19/h13-16,18-19H,3-12H2,1-2H3,(H,24,28). The van der Waals surface area contributed by atoms with E-state index < -0.39 is 0 Å². The highest BCUT2D eigenvalue weighted by Crippen LogP contribution is 2.35. The lowest BCUT2D eigenvalue weighted by atomic mass is 9.97. The van der Waals surface area contributed by atoms with Crippen molar-refractivity contribution in [3.8, 4) is 11.5 Å². The smallest absolute Gasteiger partial charge is 0.321 e. The number of hydrogen-bond acceptors (Lipinski definition) is 5. The lowest BCUT2D eigenvalue weighted by Gasteiger charge is -2.43. The predicted molar refractivity (Wildman–Crippen MR) is 117 cm³/mol. The zero-order valence-electron chi connectivity index (χ0n) is 18.5. The number of nitrogens with one attached hydrogen (secondary N) is 1. The average Bonchev–Trinajstić information content (AvgIpc) is 3.65. The van der Waals surface area contributed by atoms with E-state index in [2.05, 4.69) is 10.2 Å². The van der Waals surface area contributed by atoms with Crippen LogP contribution in [0.3, 0.4) is 0 Å². The van der Waals surface area contributed by atoms with Crippen molar-refractivity contribution in [1.82, 2.24) is 9.80 Å². The fourth-order valence-electron chi connectivity index (χ4n) is 4.59. The topological polar surface area (TPSA) is 80.3 Å². The van der Waals surface area contributed by atoms with Crippen molar-refractivity contribution in [2.45, 2.75) is 50.6 Å². The summed E-state index contributed by atoms with van der Waals surface area (Å²) < 4.78 is 16.1. The Labute approximate surface area is 183 Å². The van der Waals surface area contributed by atoms with Gasteiger partial charge in [0, 0.05) is 68.2 Å². The van der Waals surface area contributed by atoms with Crippen LogP contribution in [0.4, 0.5) is 10.5 Å². The van der Waals surface area contributed by atoms with Crippen molar-refractivity contribution in [2.75, 3.05) is 45.8 Å². The van der Waals surface area contributed by atoms with E-state index in [4.69, 9.17) is 14.2 Å². The molecule has 3 aliphatic rings. The molecule has 1 aromatic rings. The molecule has 1 aliphatic carbocycles. The molecule has 8 heteroatoms. The molecule has 8 nitrogen and oxygen atoms in total. The summed E-state index contributed by atoms with van der Waals surface area (Å²) in [5, 5.41) is 2.95. The van der Waals surface area contributed by atoms with E-state index in [0.29, 0.717) is 36.2 Å². The van der Waals surface area contributed by atoms with Gasteiger partial charge in [0.05, 0.1) is 14.2 Å². The van der Waals surface area contributed by atoms with Crippen LogP contribution >= 0.6 is 0 Å². The van der Waals surface area contributed by atoms with Crippen molar-refractivity contribution in [3.63, 3.8) is 0 Å². The van der Waals surface area contributed by atoms with Crippen molar-refractivity contribution in [3.05, 3.63) is 18.2 Å². The molecule has 0 radical (unpaired) electrons. The lowest BCUT2D eigenvalue weighted by Crippen LogP contribution is -2.54. The molecule has 0 unspecified atom stereocenters. The first-order valence-corrected chi connectivity index (χ1v) is 11.3. The number of nitrogens with zero attached hydrogens (tertiary/aromatic N) is 2. The molecule has 1 N–H and O–H groups in total. The van der Waals surface area contributed by atoms with Crippen LogP contribution in [0.1, 0.15) is 38.5 Å². The molecule has 1 saturated carbocycles. The number of amides is 3. The maximum absolute atomic E-state index is 13.0. The fraction of sp³-hybridized carbons (Fsp3) is 0.652. The Morgan fingerprint density at radius 3 is 2.06 bits per heavy atom. The normalized spacial score (nSPS) is 20.3. The van der Waals surface area contributed by atoms with Crippen LogP contribution in [0.5, 0.6) is 11.5 Å². The summed E-state index contributed by atoms with van der Waals surface area (Å²) in [6.07, 6.45) is 5.48. The van der Waals surface area contributed by atoms with Crippen LogP contribution in [0.25, 0.3) is 0 Å². The van der Waals surface area contributed by atoms with Gasteiger partial charge in [-0.25, -0.2) is 4.79 Å². The number of likely N-dealkylation sites (tertiary alicyclic amines) is 1. The van der Waals surface area contributed by atoms with Crippen molar-refractivity contribution < 1.29 is 23.8 Å². The second-order valence-corrected chi connectivity index (χ2v) is 8.61. The molecular weight excluding hydrogens is 398 g/mol. The van der Waals surface area contributed by atoms with E-state index in [1.165, 1.54) is 0 Å². The molecule has 2 aliphatic heterocycles. The molecule has 31 heavy (non-hydrogen) atoms. The van der Waals surface area contributed by atoms with E-state index in [1.807, 2.05) is 4.90 Å². The average molecular weight is 432 g/mol. The van der Waals surface area contributed by atoms with Crippen LogP contribution < -0.4 is 14.8 Å². The number of rotatable bonds is 6. The van der Waals surface area contributed by atoms with Gasteiger partial charge in [0.25, 0.3) is 0 Å². The zero-order chi connectivity index (χ0) is 21.8. The van der Waals surface area contributed by atoms with Crippen LogP contribution in [0.15, 0.2) is 18.2 Å². The summed E-state index contributed by atoms with van der Waals surface area (Å²) in [5.41, 5.74) is 0.635. The Hall–Kier alpha value is -2.48. The third kappa shape index (κ3) is 5.23. The second kappa shape index (κ2) is 9.77. The first-order valence-electron chi connectivity index (χ1n) is 11.3. The van der Waals surface area contributed by atoms with Gasteiger partial charge in [-0.3, -0.25) is 4.79 Å². The summed E-state index contributed by atoms with van der Waals surface area (Å²) in [5.74, 6) is 1.78. The number of methoxy groups -OCH3 is 2. The van der Waals surface area contributed by atoms with Gasteiger partial charge in [0.15, 0.2) is 0 Å². The minimum absolute atomic E-state index is 0.139. The van der Waals surface area contributed by atoms with E-state index in [0.717, 1.165) is 51.7 Å². The monoisotopic (exact) mass is 431 g/mol. The van der Waals surface area contributed by atoms with Crippen molar-refractivity contribution in [2.24, 2.45) is 5.92 Å². The Morgan fingerprint density at radius 2 is 1.52 bits per heavy atom. The number of anilines is 1. The number of urea groups is 1. The Kier molecular flexibility index (Phi) is 6.85. The van der Waals surface area contributed by atoms with E-state index >= 15 is 0 Å². The number of hydrogen-bond donors (Lipinski definition) is 1. The van der Waals surface area contributed by atoms with E-state index in [-0.39, 0.29) is 24.0 Å². The quantitative estimate of drug-likeness (QED) is 0.749. The highest BCUT2D eigenvalue weighted by molar-refractivity contribution is 5.90. The Bertz CT molecular complexity index is 761. The van der Waals surface area contributed by atoms with Gasteiger partial charge in [-0.15, -0.1) is 0 Å². The predicted octanol–water partition coefficient (Wildman–Crippen LogP) is 3.12. The Balaban J connectivity index is 1.36. The third-order valence-electron chi connectivity index (χ3n) is 6.51. The number of carbonyl (C=O) groups excluding carboxylic acids is 2. The number of ether oxygens (including phenoxy) is 3. The SMILES string of the molecule is COc1cc(NC(=O)N2CCC(N(C(=O)C3CC3)C3CCOCC3)CC2)cc(OC)c1. The summed E-state index contributed by atoms with van der Waals surface area (Å²) in [6, 6.07) is 5.65. The molecule has 4 rings (SSSR count). The largest absolute Gasteiger partial charge is 0.497 e. The van der Waals surface area contributed by atoms with Crippen molar-refractivity contribution in [1.29, 1.82) is 0 Å². The third-order valence-corrected chi connectivity index (χ3v) is 6.51. The molecule has 0 spiro atoms. The molecule has 1 aromatic carbocycles. The molecule has 3 fully saturated rings. The molecule has 2 saturated heterocycles. The highest BCUT2D eigenvalue weighted by Gasteiger charge is 2.41. The second-order valence-electron chi connectivity index (χ2n) is 8.61. The summed E-state index contributed by atoms with van der Waals surface area (Å²) in [7, 11) is 3.16. The van der Waals surface area contributed by atoms with Gasteiger partial charge in [-0.2, -0.15) is 0 Å². The number of carbonyl (C=O) groups is 2. The van der Waals surface area contributed by atoms with Gasteiger partial charge in [-0.05, 0) is 38.5 Å². The summed E-state index contributed by atoms with van der Waals surface area (Å²) in [6.45, 7) is 2.72. The Morgan fingerprint density at radius 1 is 0.935 bits per heavy atom. The highest BCUT2D eigenvalue weighted by atomic mass is 16.5. The first kappa shape index (κ1) is 21.7. The maximum atomic E-state index is 13.0. The fourth-order valence-corrected chi connectivity index (χ4v) is 4.59. The van der Waals surface area contributed by atoms with Gasteiger partial charge in [0.1, 0.15) is 11.5 Å². The van der Waals surface area contributed by atoms with E-state index in [9.17, 15) is 9.59 Å². The zero-order valence-corrected chi connectivity index (χ0v) is 18.5. The molecule has 0 aromatic heterocycles. The minimum Gasteiger partial charge on any atom is -0.497 e. The molecule has 0 bridgehead atoms. The molecule has 2 heterocycles. The first-order chi connectivity index (χ1) is 15.1. The summed E-state index contributed by atoms with van der Waals surface area (Å²) in [4.78, 5) is 29.9. The van der Waals surface area contributed by atoms with Crippen LogP contribution in [0, 0.1) is 5.92 Å². The summed E-state index contributed by atoms with van der Waals surface area (Å²) >= 11 is 0. The van der Waals surface area contributed by atoms with Gasteiger partial charge < -0.3 is 29.3 Å². The number of piperidine rings is 1. The number of benzene rings is 1. The van der Waals surface area contributed by atoms with E-state index in [1.54, 1.807) is 32.4 Å². The maximum Gasteiger partial charge on any atom is 0.321 e. The van der Waals surface area contributed by atoms with Gasteiger partial charge >= 0.3 is 6.03 Å². The van der Waals surface area contributed by atoms with Crippen LogP contribution in [-0.4, -0.2) is 74.3 Å². The van der Waals surface area contributed by atoms with Crippen LogP contribution in [0.2, 0.25) is 0 Å². The lowest BCUT2D eigenvalue weighted by molar-refractivity contribution is -0.141. The minimum atomic E-state index is -0.139. The van der Waals surface area contributed by atoms with Gasteiger partial charge in [-0.1, -0.05) is 0 Å². The molecular formula is C23H33N3O5. The molecule has 170 valence electrons.